The highest BCUT2D eigenvalue weighted by Crippen LogP contribution is 2.21. The van der Waals surface area contributed by atoms with E-state index in [-0.39, 0.29) is 41.7 Å². The Morgan fingerprint density at radius 3 is 2.38 bits per heavy atom. The van der Waals surface area contributed by atoms with Crippen molar-refractivity contribution in [3.63, 3.8) is 0 Å². The normalized spacial score (nSPS) is 24.3. The summed E-state index contributed by atoms with van der Waals surface area (Å²) in [5.74, 6) is 0.482. The van der Waals surface area contributed by atoms with Crippen LogP contribution in [0, 0.1) is 0 Å². The van der Waals surface area contributed by atoms with Crippen LogP contribution in [0.1, 0.15) is 34.6 Å². The lowest BCUT2D eigenvalue weighted by Gasteiger charge is -2.44. The lowest BCUT2D eigenvalue weighted by Crippen LogP contribution is -2.56. The van der Waals surface area contributed by atoms with Gasteiger partial charge in [0.15, 0.2) is 5.96 Å². The van der Waals surface area contributed by atoms with Gasteiger partial charge in [0.25, 0.3) is 0 Å². The van der Waals surface area contributed by atoms with E-state index >= 15 is 0 Å². The first-order chi connectivity index (χ1) is 9.20. The standard InChI is InChI=1S/C15H30N4O.HI/c1-11(2)7-17-14(16)18-10-15(5,6)19-8-12(3)20-13(4)9-19;/h12-13H,1,7-10H2,2-6H3,(H3,16,17,18);1H. The van der Waals surface area contributed by atoms with Crippen molar-refractivity contribution in [3.8, 4) is 0 Å². The molecule has 1 aliphatic heterocycles. The molecule has 1 aliphatic rings. The number of halogens is 1. The van der Waals surface area contributed by atoms with E-state index in [0.29, 0.717) is 19.0 Å². The fraction of sp³-hybridized carbons (Fsp3) is 0.800. The first-order valence-electron chi connectivity index (χ1n) is 7.29. The minimum atomic E-state index is -0.0260. The Kier molecular flexibility index (Phi) is 8.80. The molecule has 1 heterocycles. The number of hydrogen-bond donors (Lipinski definition) is 2. The molecule has 1 saturated heterocycles. The summed E-state index contributed by atoms with van der Waals surface area (Å²) in [5, 5.41) is 3.06. The number of aliphatic imine (C=N–C) groups is 1. The van der Waals surface area contributed by atoms with Gasteiger partial charge in [-0.1, -0.05) is 12.2 Å². The molecule has 2 unspecified atom stereocenters. The van der Waals surface area contributed by atoms with Gasteiger partial charge in [-0.3, -0.25) is 9.89 Å². The highest BCUT2D eigenvalue weighted by atomic mass is 127. The van der Waals surface area contributed by atoms with Crippen molar-refractivity contribution in [1.29, 1.82) is 0 Å². The Labute approximate surface area is 146 Å². The van der Waals surface area contributed by atoms with E-state index in [4.69, 9.17) is 10.5 Å². The maximum absolute atomic E-state index is 5.87. The van der Waals surface area contributed by atoms with Crippen molar-refractivity contribution >= 4 is 29.9 Å². The molecule has 0 aliphatic carbocycles. The fourth-order valence-corrected chi connectivity index (χ4v) is 2.35. The van der Waals surface area contributed by atoms with Crippen LogP contribution in [-0.4, -0.2) is 54.8 Å². The molecule has 1 fully saturated rings. The Balaban J connectivity index is 0.00000400. The minimum absolute atomic E-state index is 0. The van der Waals surface area contributed by atoms with E-state index in [1.165, 1.54) is 0 Å². The highest BCUT2D eigenvalue weighted by molar-refractivity contribution is 14.0. The van der Waals surface area contributed by atoms with E-state index in [1.54, 1.807) is 0 Å². The number of morpholine rings is 1. The molecule has 0 spiro atoms. The molecule has 21 heavy (non-hydrogen) atoms. The molecule has 5 nitrogen and oxygen atoms in total. The third-order valence-electron chi connectivity index (χ3n) is 3.48. The van der Waals surface area contributed by atoms with E-state index < -0.39 is 0 Å². The number of nitrogens with two attached hydrogens (primary N) is 1. The van der Waals surface area contributed by atoms with Gasteiger partial charge in [-0.15, -0.1) is 24.0 Å². The van der Waals surface area contributed by atoms with Crippen molar-refractivity contribution in [2.24, 2.45) is 10.7 Å². The summed E-state index contributed by atoms with van der Waals surface area (Å²) in [6, 6.07) is 0. The number of hydrogen-bond acceptors (Lipinski definition) is 3. The van der Waals surface area contributed by atoms with Crippen molar-refractivity contribution in [1.82, 2.24) is 10.2 Å². The zero-order chi connectivity index (χ0) is 15.3. The van der Waals surface area contributed by atoms with Gasteiger partial charge in [-0.25, -0.2) is 0 Å². The molecule has 0 aromatic heterocycles. The summed E-state index contributed by atoms with van der Waals surface area (Å²) in [7, 11) is 0. The van der Waals surface area contributed by atoms with Gasteiger partial charge in [-0.05, 0) is 34.6 Å². The zero-order valence-electron chi connectivity index (χ0n) is 14.0. The number of guanidine groups is 1. The average molecular weight is 410 g/mol. The molecule has 1 rings (SSSR count). The van der Waals surface area contributed by atoms with Gasteiger partial charge in [0.2, 0.25) is 0 Å². The first-order valence-corrected chi connectivity index (χ1v) is 7.29. The Morgan fingerprint density at radius 2 is 1.90 bits per heavy atom. The van der Waals surface area contributed by atoms with Gasteiger partial charge in [0, 0.05) is 25.2 Å². The van der Waals surface area contributed by atoms with Crippen molar-refractivity contribution in [2.45, 2.75) is 52.4 Å². The molecule has 6 heteroatoms. The topological polar surface area (TPSA) is 62.9 Å². The zero-order valence-corrected chi connectivity index (χ0v) is 16.3. The van der Waals surface area contributed by atoms with Crippen LogP contribution in [0.5, 0.6) is 0 Å². The number of rotatable bonds is 5. The van der Waals surface area contributed by atoms with E-state index in [2.05, 4.69) is 49.5 Å². The number of ether oxygens (including phenoxy) is 1. The van der Waals surface area contributed by atoms with Crippen molar-refractivity contribution in [2.75, 3.05) is 26.2 Å². The van der Waals surface area contributed by atoms with Crippen LogP contribution >= 0.6 is 24.0 Å². The molecule has 2 atom stereocenters. The predicted octanol–water partition coefficient (Wildman–Crippen LogP) is 1.97. The summed E-state index contributed by atoms with van der Waals surface area (Å²) in [4.78, 5) is 6.88. The second-order valence-electron chi connectivity index (χ2n) is 6.49. The summed E-state index contributed by atoms with van der Waals surface area (Å²) in [5.41, 5.74) is 6.88. The molecular weight excluding hydrogens is 379 g/mol. The molecule has 0 amide bonds. The van der Waals surface area contributed by atoms with E-state index in [1.807, 2.05) is 6.92 Å². The second-order valence-corrected chi connectivity index (χ2v) is 6.49. The van der Waals surface area contributed by atoms with E-state index in [0.717, 1.165) is 18.7 Å². The third kappa shape index (κ3) is 7.46. The monoisotopic (exact) mass is 410 g/mol. The molecular formula is C15H31IN4O. The van der Waals surface area contributed by atoms with Crippen LogP contribution in [0.25, 0.3) is 0 Å². The number of nitrogens with zero attached hydrogens (tertiary/aromatic N) is 2. The molecule has 0 radical (unpaired) electrons. The lowest BCUT2D eigenvalue weighted by molar-refractivity contribution is -0.0939. The lowest BCUT2D eigenvalue weighted by atomic mass is 10.0. The smallest absolute Gasteiger partial charge is 0.188 e. The van der Waals surface area contributed by atoms with Crippen LogP contribution in [0.15, 0.2) is 17.1 Å². The number of nitrogens with one attached hydrogen (secondary N) is 1. The van der Waals surface area contributed by atoms with Gasteiger partial charge < -0.3 is 15.8 Å². The van der Waals surface area contributed by atoms with Gasteiger partial charge >= 0.3 is 0 Å². The average Bonchev–Trinajstić information content (AvgIpc) is 2.32. The van der Waals surface area contributed by atoms with E-state index in [9.17, 15) is 0 Å². The minimum Gasteiger partial charge on any atom is -0.373 e. The van der Waals surface area contributed by atoms with Crippen LogP contribution < -0.4 is 11.1 Å². The summed E-state index contributed by atoms with van der Waals surface area (Å²) in [6.07, 6.45) is 0.529. The molecule has 3 N–H and O–H groups in total. The van der Waals surface area contributed by atoms with Crippen molar-refractivity contribution in [3.05, 3.63) is 12.2 Å². The maximum Gasteiger partial charge on any atom is 0.188 e. The Bertz CT molecular complexity index is 361. The predicted molar refractivity (Wildman–Crippen MR) is 100 cm³/mol. The molecule has 124 valence electrons. The quantitative estimate of drug-likeness (QED) is 0.315. The van der Waals surface area contributed by atoms with Crippen molar-refractivity contribution < 1.29 is 4.74 Å². The van der Waals surface area contributed by atoms with Crippen LogP contribution in [0.4, 0.5) is 0 Å². The molecule has 0 aromatic carbocycles. The molecule has 0 saturated carbocycles. The van der Waals surface area contributed by atoms with Gasteiger partial charge in [0.05, 0.1) is 18.8 Å². The summed E-state index contributed by atoms with van der Waals surface area (Å²) >= 11 is 0. The third-order valence-corrected chi connectivity index (χ3v) is 3.48. The second kappa shape index (κ2) is 8.95. The molecule has 0 aromatic rings. The molecule has 0 bridgehead atoms. The van der Waals surface area contributed by atoms with Gasteiger partial charge in [-0.2, -0.15) is 0 Å². The summed E-state index contributed by atoms with van der Waals surface area (Å²) < 4.78 is 5.78. The first kappa shape index (κ1) is 20.7. The van der Waals surface area contributed by atoms with Crippen LogP contribution in [0.2, 0.25) is 0 Å². The van der Waals surface area contributed by atoms with Gasteiger partial charge in [0.1, 0.15) is 0 Å². The fourth-order valence-electron chi connectivity index (χ4n) is 2.35. The Hall–Kier alpha value is -0.340. The highest BCUT2D eigenvalue weighted by Gasteiger charge is 2.32. The Morgan fingerprint density at radius 1 is 1.38 bits per heavy atom. The maximum atomic E-state index is 5.87. The largest absolute Gasteiger partial charge is 0.373 e. The SMILES string of the molecule is C=C(C)CNC(N)=NCC(C)(C)N1CC(C)OC(C)C1.I. The van der Waals surface area contributed by atoms with Crippen LogP contribution in [0.3, 0.4) is 0 Å². The summed E-state index contributed by atoms with van der Waals surface area (Å²) in [6.45, 7) is 17.6. The van der Waals surface area contributed by atoms with Crippen LogP contribution in [-0.2, 0) is 4.74 Å².